The second kappa shape index (κ2) is 8.58. The third-order valence-electron chi connectivity index (χ3n) is 4.99. The van der Waals surface area contributed by atoms with Crippen LogP contribution < -0.4 is 10.1 Å². The van der Waals surface area contributed by atoms with Crippen LogP contribution in [0.4, 0.5) is 4.79 Å². The molecule has 0 spiro atoms. The molecule has 4 rings (SSSR count). The Balaban J connectivity index is 1.37. The fourth-order valence-electron chi connectivity index (χ4n) is 3.56. The average Bonchev–Trinajstić information content (AvgIpc) is 3.15. The summed E-state index contributed by atoms with van der Waals surface area (Å²) in [5.41, 5.74) is 5.34. The lowest BCUT2D eigenvalue weighted by molar-refractivity contribution is 0.133. The van der Waals surface area contributed by atoms with Gasteiger partial charge in [-0.1, -0.05) is 66.2 Å². The highest BCUT2D eigenvalue weighted by Crippen LogP contribution is 2.40. The zero-order chi connectivity index (χ0) is 20.2. The molecule has 5 heteroatoms. The van der Waals surface area contributed by atoms with Gasteiger partial charge in [0.15, 0.2) is 0 Å². The first-order valence-electron chi connectivity index (χ1n) is 9.60. The molecule has 4 nitrogen and oxygen atoms in total. The van der Waals surface area contributed by atoms with E-state index in [2.05, 4.69) is 17.4 Å². The van der Waals surface area contributed by atoms with Crippen LogP contribution in [0.3, 0.4) is 0 Å². The largest absolute Gasteiger partial charge is 0.487 e. The van der Waals surface area contributed by atoms with E-state index in [1.165, 1.54) is 0 Å². The maximum atomic E-state index is 12.0. The van der Waals surface area contributed by atoms with Crippen LogP contribution in [0.25, 0.3) is 11.1 Å². The van der Waals surface area contributed by atoms with E-state index in [0.29, 0.717) is 6.54 Å². The van der Waals surface area contributed by atoms with Crippen LogP contribution in [0.1, 0.15) is 16.7 Å². The fraction of sp³-hybridized carbons (Fsp3) is 0.208. The normalized spacial score (nSPS) is 14.8. The summed E-state index contributed by atoms with van der Waals surface area (Å²) in [6.07, 6.45) is 0.180. The first kappa shape index (κ1) is 19.3. The predicted octanol–water partition coefficient (Wildman–Crippen LogP) is 5.55. The number of aryl methyl sites for hydroxylation is 1. The highest BCUT2D eigenvalue weighted by molar-refractivity contribution is 6.30. The zero-order valence-corrected chi connectivity index (χ0v) is 16.9. The van der Waals surface area contributed by atoms with E-state index in [0.717, 1.165) is 45.0 Å². The van der Waals surface area contributed by atoms with Gasteiger partial charge < -0.3 is 14.8 Å². The van der Waals surface area contributed by atoms with Crippen LogP contribution in [-0.4, -0.2) is 18.7 Å². The number of fused-ring (bicyclic) bond motifs is 1. The molecule has 29 heavy (non-hydrogen) atoms. The summed E-state index contributed by atoms with van der Waals surface area (Å²) in [5, 5.41) is 3.52. The molecule has 0 fully saturated rings. The number of carbonyl (C=O) groups is 1. The van der Waals surface area contributed by atoms with Crippen LogP contribution in [0.2, 0.25) is 5.02 Å². The van der Waals surface area contributed by atoms with Crippen LogP contribution in [0, 0.1) is 6.92 Å². The van der Waals surface area contributed by atoms with E-state index in [4.69, 9.17) is 21.1 Å². The molecule has 148 valence electrons. The van der Waals surface area contributed by atoms with Crippen molar-refractivity contribution in [2.75, 3.05) is 6.54 Å². The Morgan fingerprint density at radius 2 is 1.93 bits per heavy atom. The quantitative estimate of drug-likeness (QED) is 0.603. The second-order valence-corrected chi connectivity index (χ2v) is 7.58. The molecule has 1 aliphatic heterocycles. The minimum absolute atomic E-state index is 0.122. The van der Waals surface area contributed by atoms with Gasteiger partial charge in [0.25, 0.3) is 0 Å². The number of amides is 1. The molecule has 0 bridgehead atoms. The Kier molecular flexibility index (Phi) is 5.72. The summed E-state index contributed by atoms with van der Waals surface area (Å²) < 4.78 is 11.5. The SMILES string of the molecule is Cc1cc(Cl)ccc1-c1cccc2c1OC(CNC(=O)OCc1ccccc1)C2. The maximum absolute atomic E-state index is 12.0. The molecule has 1 heterocycles. The topological polar surface area (TPSA) is 47.6 Å². The third-order valence-corrected chi connectivity index (χ3v) is 5.23. The van der Waals surface area contributed by atoms with Crippen LogP contribution in [0.5, 0.6) is 5.75 Å². The number of benzene rings is 3. The van der Waals surface area contributed by atoms with Crippen molar-refractivity contribution in [3.8, 4) is 16.9 Å². The zero-order valence-electron chi connectivity index (χ0n) is 16.2. The van der Waals surface area contributed by atoms with E-state index in [9.17, 15) is 4.79 Å². The lowest BCUT2D eigenvalue weighted by Gasteiger charge is -2.15. The van der Waals surface area contributed by atoms with Gasteiger partial charge in [-0.15, -0.1) is 0 Å². The first-order valence-corrected chi connectivity index (χ1v) is 9.97. The van der Waals surface area contributed by atoms with Gasteiger partial charge in [0, 0.05) is 17.0 Å². The van der Waals surface area contributed by atoms with Crippen molar-refractivity contribution in [3.05, 3.63) is 88.4 Å². The Morgan fingerprint density at radius 1 is 1.10 bits per heavy atom. The number of nitrogens with one attached hydrogen (secondary N) is 1. The van der Waals surface area contributed by atoms with Crippen molar-refractivity contribution in [1.82, 2.24) is 5.32 Å². The summed E-state index contributed by atoms with van der Waals surface area (Å²) in [7, 11) is 0. The Bertz CT molecular complexity index is 1020. The van der Waals surface area contributed by atoms with Crippen LogP contribution >= 0.6 is 11.6 Å². The Labute approximate surface area is 175 Å². The van der Waals surface area contributed by atoms with Crippen LogP contribution in [0.15, 0.2) is 66.7 Å². The molecule has 0 aliphatic carbocycles. The number of hydrogen-bond acceptors (Lipinski definition) is 3. The average molecular weight is 408 g/mol. The van der Waals surface area contributed by atoms with Gasteiger partial charge in [-0.3, -0.25) is 0 Å². The summed E-state index contributed by atoms with van der Waals surface area (Å²) >= 11 is 6.10. The molecule has 1 amide bonds. The number of hydrogen-bond donors (Lipinski definition) is 1. The predicted molar refractivity (Wildman–Crippen MR) is 114 cm³/mol. The third kappa shape index (κ3) is 4.54. The number of ether oxygens (including phenoxy) is 2. The second-order valence-electron chi connectivity index (χ2n) is 7.14. The van der Waals surface area contributed by atoms with Crippen molar-refractivity contribution in [3.63, 3.8) is 0 Å². The van der Waals surface area contributed by atoms with E-state index >= 15 is 0 Å². The lowest BCUT2D eigenvalue weighted by atomic mass is 9.97. The summed E-state index contributed by atoms with van der Waals surface area (Å²) in [4.78, 5) is 12.0. The molecule has 0 saturated heterocycles. The highest BCUT2D eigenvalue weighted by atomic mass is 35.5. The molecule has 1 aliphatic rings. The molecule has 1 unspecified atom stereocenters. The summed E-state index contributed by atoms with van der Waals surface area (Å²) in [6.45, 7) is 2.68. The van der Waals surface area contributed by atoms with Gasteiger partial charge in [0.2, 0.25) is 0 Å². The number of carbonyl (C=O) groups excluding carboxylic acids is 1. The summed E-state index contributed by atoms with van der Waals surface area (Å²) in [5.74, 6) is 0.877. The molecule has 3 aromatic rings. The molecule has 0 aromatic heterocycles. The molecular weight excluding hydrogens is 386 g/mol. The fourth-order valence-corrected chi connectivity index (χ4v) is 3.79. The minimum atomic E-state index is -0.442. The van der Waals surface area contributed by atoms with Gasteiger partial charge in [-0.2, -0.15) is 0 Å². The number of halogens is 1. The van der Waals surface area contributed by atoms with Crippen molar-refractivity contribution < 1.29 is 14.3 Å². The van der Waals surface area contributed by atoms with Crippen molar-refractivity contribution in [2.24, 2.45) is 0 Å². The number of para-hydroxylation sites is 1. The van der Waals surface area contributed by atoms with Gasteiger partial charge in [-0.05, 0) is 41.3 Å². The highest BCUT2D eigenvalue weighted by Gasteiger charge is 2.26. The smallest absolute Gasteiger partial charge is 0.407 e. The van der Waals surface area contributed by atoms with Gasteiger partial charge >= 0.3 is 6.09 Å². The molecule has 0 radical (unpaired) electrons. The Hall–Kier alpha value is -2.98. The van der Waals surface area contributed by atoms with Crippen molar-refractivity contribution in [2.45, 2.75) is 26.1 Å². The Morgan fingerprint density at radius 3 is 2.72 bits per heavy atom. The number of alkyl carbamates (subject to hydrolysis) is 1. The molecule has 1 atom stereocenters. The number of rotatable bonds is 5. The van der Waals surface area contributed by atoms with Gasteiger partial charge in [0.1, 0.15) is 18.5 Å². The summed E-state index contributed by atoms with van der Waals surface area (Å²) in [6, 6.07) is 21.6. The first-order chi connectivity index (χ1) is 14.1. The molecule has 3 aromatic carbocycles. The lowest BCUT2D eigenvalue weighted by Crippen LogP contribution is -2.34. The van der Waals surface area contributed by atoms with E-state index < -0.39 is 6.09 Å². The van der Waals surface area contributed by atoms with Crippen molar-refractivity contribution >= 4 is 17.7 Å². The minimum Gasteiger partial charge on any atom is -0.487 e. The van der Waals surface area contributed by atoms with Gasteiger partial charge in [-0.25, -0.2) is 4.79 Å². The van der Waals surface area contributed by atoms with Crippen molar-refractivity contribution in [1.29, 1.82) is 0 Å². The molecule has 1 N–H and O–H groups in total. The molecular formula is C24H22ClNO3. The van der Waals surface area contributed by atoms with E-state index in [-0.39, 0.29) is 12.7 Å². The van der Waals surface area contributed by atoms with E-state index in [1.807, 2.05) is 61.5 Å². The maximum Gasteiger partial charge on any atom is 0.407 e. The standard InChI is InChI=1S/C24H22ClNO3/c1-16-12-19(25)10-11-21(16)22-9-5-8-18-13-20(29-23(18)22)14-26-24(27)28-15-17-6-3-2-4-7-17/h2-12,20H,13-15H2,1H3,(H,26,27). The van der Waals surface area contributed by atoms with Crippen LogP contribution in [-0.2, 0) is 17.8 Å². The molecule has 0 saturated carbocycles. The van der Waals surface area contributed by atoms with Gasteiger partial charge in [0.05, 0.1) is 6.54 Å². The van der Waals surface area contributed by atoms with E-state index in [1.54, 1.807) is 0 Å². The monoisotopic (exact) mass is 407 g/mol.